The van der Waals surface area contributed by atoms with Crippen LogP contribution < -0.4 is 5.43 Å². The normalized spacial score (nSPS) is 9.30. The smallest absolute Gasteiger partial charge is 0.242 e. The van der Waals surface area contributed by atoms with Crippen LogP contribution in [0.25, 0.3) is 0 Å². The van der Waals surface area contributed by atoms with Crippen molar-refractivity contribution in [2.45, 2.75) is 27.7 Å². The van der Waals surface area contributed by atoms with Crippen molar-refractivity contribution in [3.8, 4) is 0 Å². The van der Waals surface area contributed by atoms with Gasteiger partial charge in [-0.15, -0.1) is 0 Å². The summed E-state index contributed by atoms with van der Waals surface area (Å²) in [5.41, 5.74) is 3.29. The Morgan fingerprint density at radius 1 is 1.40 bits per heavy atom. The monoisotopic (exact) mass is 142 g/mol. The summed E-state index contributed by atoms with van der Waals surface area (Å²) < 4.78 is 0. The molecule has 0 spiro atoms. The molecule has 0 bridgehead atoms. The highest BCUT2D eigenvalue weighted by atomic mass is 16.2. The number of hydrogen-bond donors (Lipinski definition) is 1. The van der Waals surface area contributed by atoms with Gasteiger partial charge >= 0.3 is 0 Å². The van der Waals surface area contributed by atoms with Gasteiger partial charge < -0.3 is 0 Å². The molecule has 1 N–H and O–H groups in total. The van der Waals surface area contributed by atoms with E-state index in [-0.39, 0.29) is 11.8 Å². The maximum Gasteiger partial charge on any atom is 0.242 e. The topological polar surface area (TPSA) is 41.5 Å². The van der Waals surface area contributed by atoms with Gasteiger partial charge in [0.15, 0.2) is 0 Å². The molecule has 1 amide bonds. The average Bonchev–Trinajstić information content (AvgIpc) is 1.82. The Labute approximate surface area is 61.5 Å². The number of amides is 1. The van der Waals surface area contributed by atoms with Crippen molar-refractivity contribution in [2.75, 3.05) is 0 Å². The fraction of sp³-hybridized carbons (Fsp3) is 0.714. The summed E-state index contributed by atoms with van der Waals surface area (Å²) >= 11 is 0. The van der Waals surface area contributed by atoms with Gasteiger partial charge in [0, 0.05) is 11.6 Å². The zero-order valence-electron chi connectivity index (χ0n) is 6.93. The lowest BCUT2D eigenvalue weighted by Crippen LogP contribution is -2.23. The molecule has 0 saturated heterocycles. The molecule has 0 aliphatic rings. The lowest BCUT2D eigenvalue weighted by Gasteiger charge is -2.01. The van der Waals surface area contributed by atoms with E-state index in [1.807, 2.05) is 27.7 Å². The van der Waals surface area contributed by atoms with Crippen LogP contribution in [0.5, 0.6) is 0 Å². The zero-order valence-corrected chi connectivity index (χ0v) is 6.93. The summed E-state index contributed by atoms with van der Waals surface area (Å²) in [5, 5.41) is 3.76. The van der Waals surface area contributed by atoms with Gasteiger partial charge in [-0.2, -0.15) is 5.10 Å². The predicted octanol–water partition coefficient (Wildman–Crippen LogP) is 1.15. The first-order valence-electron chi connectivity index (χ1n) is 3.34. The standard InChI is InChI=1S/C7H14N2O/c1-5(2)7(10)9-8-6(3)4/h5H,1-4H3,(H,9,10). The fourth-order valence-corrected chi connectivity index (χ4v) is 0.296. The molecule has 0 unspecified atom stereocenters. The van der Waals surface area contributed by atoms with E-state index in [4.69, 9.17) is 0 Å². The van der Waals surface area contributed by atoms with E-state index in [9.17, 15) is 4.79 Å². The van der Waals surface area contributed by atoms with E-state index in [0.29, 0.717) is 0 Å². The Morgan fingerprint density at radius 3 is 2.20 bits per heavy atom. The van der Waals surface area contributed by atoms with Crippen LogP contribution in [0.2, 0.25) is 0 Å². The number of hydrogen-bond acceptors (Lipinski definition) is 2. The second-order valence-corrected chi connectivity index (χ2v) is 2.69. The minimum Gasteiger partial charge on any atom is -0.273 e. The molecule has 0 aromatic heterocycles. The number of hydrazone groups is 1. The van der Waals surface area contributed by atoms with Crippen molar-refractivity contribution in [3.63, 3.8) is 0 Å². The number of nitrogens with one attached hydrogen (secondary N) is 1. The zero-order chi connectivity index (χ0) is 8.15. The SMILES string of the molecule is CC(C)=NNC(=O)C(C)C. The average molecular weight is 142 g/mol. The van der Waals surface area contributed by atoms with E-state index < -0.39 is 0 Å². The lowest BCUT2D eigenvalue weighted by atomic mass is 10.2. The highest BCUT2D eigenvalue weighted by molar-refractivity contribution is 5.83. The van der Waals surface area contributed by atoms with Crippen molar-refractivity contribution in [1.29, 1.82) is 0 Å². The first-order chi connectivity index (χ1) is 4.54. The Hall–Kier alpha value is -0.860. The summed E-state index contributed by atoms with van der Waals surface area (Å²) in [7, 11) is 0. The minimum atomic E-state index is -0.0406. The summed E-state index contributed by atoms with van der Waals surface area (Å²) in [6.07, 6.45) is 0. The van der Waals surface area contributed by atoms with Gasteiger partial charge in [0.1, 0.15) is 0 Å². The van der Waals surface area contributed by atoms with Gasteiger partial charge in [-0.05, 0) is 13.8 Å². The van der Waals surface area contributed by atoms with Gasteiger partial charge in [-0.25, -0.2) is 5.43 Å². The first kappa shape index (κ1) is 9.14. The Bertz CT molecular complexity index is 146. The minimum absolute atomic E-state index is 0.00287. The van der Waals surface area contributed by atoms with E-state index in [1.165, 1.54) is 0 Å². The van der Waals surface area contributed by atoms with E-state index in [0.717, 1.165) is 5.71 Å². The third-order valence-electron chi connectivity index (χ3n) is 0.914. The van der Waals surface area contributed by atoms with Crippen molar-refractivity contribution >= 4 is 11.6 Å². The van der Waals surface area contributed by atoms with Crippen LogP contribution >= 0.6 is 0 Å². The van der Waals surface area contributed by atoms with Crippen molar-refractivity contribution < 1.29 is 4.79 Å². The van der Waals surface area contributed by atoms with Crippen LogP contribution in [-0.2, 0) is 4.79 Å². The lowest BCUT2D eigenvalue weighted by molar-refractivity contribution is -0.123. The molecule has 58 valence electrons. The second kappa shape index (κ2) is 4.04. The van der Waals surface area contributed by atoms with Gasteiger partial charge in [0.25, 0.3) is 0 Å². The van der Waals surface area contributed by atoms with Crippen LogP contribution in [0, 0.1) is 5.92 Å². The third kappa shape index (κ3) is 4.06. The molecule has 0 aromatic rings. The maximum atomic E-state index is 10.8. The molecule has 0 aromatic carbocycles. The van der Waals surface area contributed by atoms with Crippen LogP contribution in [0.4, 0.5) is 0 Å². The number of nitrogens with zero attached hydrogens (tertiary/aromatic N) is 1. The van der Waals surface area contributed by atoms with E-state index in [1.54, 1.807) is 0 Å². The van der Waals surface area contributed by atoms with Crippen LogP contribution in [0.15, 0.2) is 5.10 Å². The summed E-state index contributed by atoms with van der Waals surface area (Å²) in [6, 6.07) is 0. The first-order valence-corrected chi connectivity index (χ1v) is 3.34. The molecule has 0 atom stereocenters. The van der Waals surface area contributed by atoms with Crippen molar-refractivity contribution in [1.82, 2.24) is 5.43 Å². The summed E-state index contributed by atoms with van der Waals surface area (Å²) in [5.74, 6) is -0.0377. The molecule has 0 rings (SSSR count). The van der Waals surface area contributed by atoms with Crippen molar-refractivity contribution in [3.05, 3.63) is 0 Å². The fourth-order valence-electron chi connectivity index (χ4n) is 0.296. The predicted molar refractivity (Wildman–Crippen MR) is 41.8 cm³/mol. The van der Waals surface area contributed by atoms with Gasteiger partial charge in [0.05, 0.1) is 0 Å². The van der Waals surface area contributed by atoms with Gasteiger partial charge in [0.2, 0.25) is 5.91 Å². The van der Waals surface area contributed by atoms with Crippen LogP contribution in [0.1, 0.15) is 27.7 Å². The molecule has 0 saturated carbocycles. The number of carbonyl (C=O) groups excluding carboxylic acids is 1. The molecule has 0 aliphatic heterocycles. The molecule has 3 heteroatoms. The molecule has 0 fully saturated rings. The highest BCUT2D eigenvalue weighted by Gasteiger charge is 2.03. The molecule has 0 aliphatic carbocycles. The molecule has 3 nitrogen and oxygen atoms in total. The van der Waals surface area contributed by atoms with Gasteiger partial charge in [-0.1, -0.05) is 13.8 Å². The summed E-state index contributed by atoms with van der Waals surface area (Å²) in [6.45, 7) is 7.33. The van der Waals surface area contributed by atoms with Crippen LogP contribution in [-0.4, -0.2) is 11.6 Å². The molecule has 0 heterocycles. The highest BCUT2D eigenvalue weighted by Crippen LogP contribution is 1.89. The second-order valence-electron chi connectivity index (χ2n) is 2.69. The van der Waals surface area contributed by atoms with Crippen molar-refractivity contribution in [2.24, 2.45) is 11.0 Å². The molecule has 0 radical (unpaired) electrons. The number of rotatable bonds is 2. The maximum absolute atomic E-state index is 10.8. The molecule has 10 heavy (non-hydrogen) atoms. The Kier molecular flexibility index (Phi) is 3.69. The van der Waals surface area contributed by atoms with E-state index in [2.05, 4.69) is 10.5 Å². The Morgan fingerprint density at radius 2 is 1.90 bits per heavy atom. The summed E-state index contributed by atoms with van der Waals surface area (Å²) in [4.78, 5) is 10.8. The molecular weight excluding hydrogens is 128 g/mol. The molecular formula is C7H14N2O. The Balaban J connectivity index is 3.71. The third-order valence-corrected chi connectivity index (χ3v) is 0.914. The largest absolute Gasteiger partial charge is 0.273 e. The van der Waals surface area contributed by atoms with Crippen LogP contribution in [0.3, 0.4) is 0 Å². The quantitative estimate of drug-likeness (QED) is 0.456. The van der Waals surface area contributed by atoms with Gasteiger partial charge in [-0.3, -0.25) is 4.79 Å². The number of carbonyl (C=O) groups is 1. The van der Waals surface area contributed by atoms with E-state index >= 15 is 0 Å².